The molecule has 0 saturated carbocycles. The van der Waals surface area contributed by atoms with Gasteiger partial charge in [0.2, 0.25) is 0 Å². The van der Waals surface area contributed by atoms with E-state index in [4.69, 9.17) is 4.74 Å². The highest BCUT2D eigenvalue weighted by molar-refractivity contribution is 6.08. The van der Waals surface area contributed by atoms with E-state index < -0.39 is 6.10 Å². The average Bonchev–Trinajstić information content (AvgIpc) is 2.84. The Morgan fingerprint density at radius 3 is 2.00 bits per heavy atom. The Morgan fingerprint density at radius 1 is 0.812 bits per heavy atom. The quantitative estimate of drug-likeness (QED) is 0.333. The molecule has 160 valence electrons. The molecule has 1 N–H and O–H groups in total. The van der Waals surface area contributed by atoms with Gasteiger partial charge in [-0.1, -0.05) is 30.3 Å². The molecule has 1 aromatic heterocycles. The van der Waals surface area contributed by atoms with E-state index in [1.165, 1.54) is 24.3 Å². The minimum atomic E-state index is -0.692. The van der Waals surface area contributed by atoms with Gasteiger partial charge in [0.25, 0.3) is 0 Å². The molecule has 0 amide bonds. The maximum atomic E-state index is 13.0. The molecule has 4 rings (SSSR count). The van der Waals surface area contributed by atoms with E-state index in [1.807, 2.05) is 47.3 Å². The monoisotopic (exact) mass is 428 g/mol. The van der Waals surface area contributed by atoms with E-state index in [0.717, 1.165) is 11.1 Å². The molecule has 3 aromatic carbocycles. The van der Waals surface area contributed by atoms with Crippen LogP contribution in [0.1, 0.15) is 15.9 Å². The lowest BCUT2D eigenvalue weighted by Crippen LogP contribution is -2.41. The molecule has 0 saturated heterocycles. The normalized spacial score (nSPS) is 11.7. The number of pyridine rings is 1. The Labute approximate surface area is 186 Å². The van der Waals surface area contributed by atoms with Crippen molar-refractivity contribution in [3.8, 4) is 16.9 Å². The highest BCUT2D eigenvalue weighted by Crippen LogP contribution is 2.17. The van der Waals surface area contributed by atoms with E-state index >= 15 is 0 Å². The first-order valence-electron chi connectivity index (χ1n) is 10.3. The number of carbonyl (C=O) groups is 1. The van der Waals surface area contributed by atoms with Crippen molar-refractivity contribution in [3.63, 3.8) is 0 Å². The maximum absolute atomic E-state index is 13.0. The van der Waals surface area contributed by atoms with E-state index in [2.05, 4.69) is 12.1 Å². The number of nitrogens with zero attached hydrogens (tertiary/aromatic N) is 1. The van der Waals surface area contributed by atoms with Gasteiger partial charge >= 0.3 is 0 Å². The predicted molar refractivity (Wildman–Crippen MR) is 120 cm³/mol. The van der Waals surface area contributed by atoms with Crippen LogP contribution in [0.5, 0.6) is 5.75 Å². The number of hydrogen-bond acceptors (Lipinski definition) is 3. The molecule has 0 spiro atoms. The van der Waals surface area contributed by atoms with Crippen molar-refractivity contribution < 1.29 is 23.6 Å². The fraction of sp³-hybridized carbons (Fsp3) is 0.111. The number of benzene rings is 3. The van der Waals surface area contributed by atoms with Crippen molar-refractivity contribution in [2.24, 2.45) is 0 Å². The standard InChI is InChI=1S/C27H23FNO3/c28-24-10-6-22(7-11-24)27(31)23-8-12-26(13-9-23)32-19-25(30)18-29-16-14-21(15-17-29)20-4-2-1-3-5-20/h1-17,25,30H,18-19H2/q+1. The summed E-state index contributed by atoms with van der Waals surface area (Å²) in [7, 11) is 0. The van der Waals surface area contributed by atoms with E-state index in [1.54, 1.807) is 24.3 Å². The minimum Gasteiger partial charge on any atom is -0.491 e. The zero-order valence-electron chi connectivity index (χ0n) is 17.4. The molecule has 4 aromatic rings. The first kappa shape index (κ1) is 21.4. The molecule has 4 nitrogen and oxygen atoms in total. The molecule has 0 fully saturated rings. The molecular weight excluding hydrogens is 405 g/mol. The Morgan fingerprint density at radius 2 is 1.38 bits per heavy atom. The topological polar surface area (TPSA) is 50.4 Å². The summed E-state index contributed by atoms with van der Waals surface area (Å²) in [4.78, 5) is 12.4. The van der Waals surface area contributed by atoms with Gasteiger partial charge < -0.3 is 9.84 Å². The molecule has 0 bridgehead atoms. The van der Waals surface area contributed by atoms with Gasteiger partial charge in [0.1, 0.15) is 24.3 Å². The average molecular weight is 428 g/mol. The number of carbonyl (C=O) groups excluding carboxylic acids is 1. The molecule has 1 heterocycles. The Balaban J connectivity index is 1.29. The maximum Gasteiger partial charge on any atom is 0.193 e. The van der Waals surface area contributed by atoms with Gasteiger partial charge in [-0.05, 0) is 59.7 Å². The van der Waals surface area contributed by atoms with Crippen LogP contribution in [0.4, 0.5) is 4.39 Å². The summed E-state index contributed by atoms with van der Waals surface area (Å²) in [6, 6.07) is 26.3. The summed E-state index contributed by atoms with van der Waals surface area (Å²) in [6.45, 7) is 0.523. The minimum absolute atomic E-state index is 0.124. The largest absolute Gasteiger partial charge is 0.491 e. The van der Waals surface area contributed by atoms with Gasteiger partial charge in [-0.25, -0.2) is 8.96 Å². The molecule has 0 aliphatic heterocycles. The van der Waals surface area contributed by atoms with Crippen molar-refractivity contribution in [2.45, 2.75) is 12.6 Å². The molecular formula is C27H23FNO3+. The first-order chi connectivity index (χ1) is 15.6. The summed E-state index contributed by atoms with van der Waals surface area (Å²) in [6.07, 6.45) is 3.17. The van der Waals surface area contributed by atoms with Gasteiger partial charge in [-0.3, -0.25) is 4.79 Å². The highest BCUT2D eigenvalue weighted by atomic mass is 19.1. The van der Waals surface area contributed by atoms with Crippen LogP contribution in [0.3, 0.4) is 0 Å². The van der Waals surface area contributed by atoms with Crippen molar-refractivity contribution in [1.29, 1.82) is 0 Å². The second kappa shape index (κ2) is 9.98. The van der Waals surface area contributed by atoms with Gasteiger partial charge in [0.15, 0.2) is 24.7 Å². The van der Waals surface area contributed by atoms with Gasteiger partial charge in [-0.15, -0.1) is 0 Å². The van der Waals surface area contributed by atoms with Crippen LogP contribution in [0.2, 0.25) is 0 Å². The van der Waals surface area contributed by atoms with Gasteiger partial charge in [0, 0.05) is 23.3 Å². The molecule has 1 atom stereocenters. The first-order valence-corrected chi connectivity index (χ1v) is 10.3. The van der Waals surface area contributed by atoms with Crippen LogP contribution in [0.15, 0.2) is 103 Å². The third kappa shape index (κ3) is 5.45. The number of aliphatic hydroxyl groups is 1. The molecule has 0 aliphatic carbocycles. The lowest BCUT2D eigenvalue weighted by atomic mass is 10.0. The zero-order chi connectivity index (χ0) is 22.3. The van der Waals surface area contributed by atoms with E-state index in [-0.39, 0.29) is 18.2 Å². The summed E-state index contributed by atoms with van der Waals surface area (Å²) in [5.74, 6) is -0.00905. The number of aromatic nitrogens is 1. The Kier molecular flexibility index (Phi) is 6.68. The number of rotatable bonds is 8. The second-order valence-corrected chi connectivity index (χ2v) is 7.47. The molecule has 1 unspecified atom stereocenters. The van der Waals surface area contributed by atoms with Gasteiger partial charge in [0.05, 0.1) is 0 Å². The van der Waals surface area contributed by atoms with E-state index in [0.29, 0.717) is 23.4 Å². The van der Waals surface area contributed by atoms with E-state index in [9.17, 15) is 14.3 Å². The number of ether oxygens (including phenoxy) is 1. The predicted octanol–water partition coefficient (Wildman–Crippen LogP) is 4.45. The number of ketones is 1. The third-order valence-electron chi connectivity index (χ3n) is 5.09. The molecule has 0 radical (unpaired) electrons. The van der Waals surface area contributed by atoms with Crippen LogP contribution in [0.25, 0.3) is 11.1 Å². The van der Waals surface area contributed by atoms with Crippen LogP contribution in [-0.4, -0.2) is 23.6 Å². The third-order valence-corrected chi connectivity index (χ3v) is 5.09. The molecule has 0 aliphatic rings. The Hall–Kier alpha value is -3.83. The summed E-state index contributed by atoms with van der Waals surface area (Å²) >= 11 is 0. The SMILES string of the molecule is O=C(c1ccc(F)cc1)c1ccc(OCC(O)C[n+]2ccc(-c3ccccc3)cc2)cc1. The zero-order valence-corrected chi connectivity index (χ0v) is 17.4. The van der Waals surface area contributed by atoms with Crippen molar-refractivity contribution in [3.05, 3.63) is 120 Å². The number of hydrogen-bond donors (Lipinski definition) is 1. The summed E-state index contributed by atoms with van der Waals surface area (Å²) in [5, 5.41) is 10.3. The van der Waals surface area contributed by atoms with Gasteiger partial charge in [-0.2, -0.15) is 0 Å². The second-order valence-electron chi connectivity index (χ2n) is 7.47. The van der Waals surface area contributed by atoms with Crippen LogP contribution < -0.4 is 9.30 Å². The summed E-state index contributed by atoms with van der Waals surface area (Å²) < 4.78 is 20.6. The van der Waals surface area contributed by atoms with Crippen molar-refractivity contribution in [1.82, 2.24) is 0 Å². The Bertz CT molecular complexity index is 1160. The fourth-order valence-electron chi connectivity index (χ4n) is 3.36. The van der Waals surface area contributed by atoms with Crippen molar-refractivity contribution in [2.75, 3.05) is 6.61 Å². The fourth-order valence-corrected chi connectivity index (χ4v) is 3.36. The van der Waals surface area contributed by atoms with Crippen LogP contribution in [-0.2, 0) is 6.54 Å². The lowest BCUT2D eigenvalue weighted by Gasteiger charge is -2.11. The van der Waals surface area contributed by atoms with Crippen LogP contribution >= 0.6 is 0 Å². The smallest absolute Gasteiger partial charge is 0.193 e. The van der Waals surface area contributed by atoms with Crippen molar-refractivity contribution >= 4 is 5.78 Å². The number of halogens is 1. The molecule has 32 heavy (non-hydrogen) atoms. The van der Waals surface area contributed by atoms with Crippen LogP contribution in [0, 0.1) is 5.82 Å². The lowest BCUT2D eigenvalue weighted by molar-refractivity contribution is -0.703. The summed E-state index contributed by atoms with van der Waals surface area (Å²) in [5.41, 5.74) is 3.16. The number of aliphatic hydroxyl groups excluding tert-OH is 1. The molecule has 5 heteroatoms. The highest BCUT2D eigenvalue weighted by Gasteiger charge is 2.13.